The van der Waals surface area contributed by atoms with Crippen molar-refractivity contribution < 1.29 is 17.6 Å². The number of hydrogen-bond acceptors (Lipinski definition) is 6. The van der Waals surface area contributed by atoms with E-state index in [0.717, 1.165) is 71.2 Å². The maximum absolute atomic E-state index is 13.6. The van der Waals surface area contributed by atoms with Gasteiger partial charge in [-0.05, 0) is 98.8 Å². The summed E-state index contributed by atoms with van der Waals surface area (Å²) >= 11 is 0. The second-order valence-corrected chi connectivity index (χ2v) is 11.3. The van der Waals surface area contributed by atoms with E-state index in [1.54, 1.807) is 13.4 Å². The molecule has 1 saturated heterocycles. The number of methoxy groups -OCH3 is 1. The van der Waals surface area contributed by atoms with Crippen LogP contribution in [0.4, 0.5) is 5.69 Å². The van der Waals surface area contributed by atoms with Gasteiger partial charge in [-0.3, -0.25) is 4.90 Å². The highest BCUT2D eigenvalue weighted by Gasteiger charge is 2.30. The molecular formula is C28H37N3O4S. The molecule has 3 aromatic rings. The van der Waals surface area contributed by atoms with Crippen LogP contribution in [0, 0.1) is 34.6 Å². The third-order valence-corrected chi connectivity index (χ3v) is 9.43. The number of sulfonamides is 1. The Kier molecular flexibility index (Phi) is 7.78. The van der Waals surface area contributed by atoms with Crippen LogP contribution < -0.4 is 14.4 Å². The molecule has 194 valence electrons. The number of anilines is 1. The van der Waals surface area contributed by atoms with Crippen molar-refractivity contribution in [3.63, 3.8) is 0 Å². The van der Waals surface area contributed by atoms with Crippen molar-refractivity contribution in [1.29, 1.82) is 0 Å². The fourth-order valence-corrected chi connectivity index (χ4v) is 6.74. The summed E-state index contributed by atoms with van der Waals surface area (Å²) < 4.78 is 41.1. The molecule has 1 atom stereocenters. The number of hydrogen-bond donors (Lipinski definition) is 1. The van der Waals surface area contributed by atoms with Gasteiger partial charge < -0.3 is 14.1 Å². The highest BCUT2D eigenvalue weighted by atomic mass is 32.2. The lowest BCUT2D eigenvalue weighted by molar-refractivity contribution is 0.166. The molecule has 0 aliphatic carbocycles. The van der Waals surface area contributed by atoms with Crippen LogP contribution >= 0.6 is 0 Å². The van der Waals surface area contributed by atoms with Crippen molar-refractivity contribution in [1.82, 2.24) is 9.62 Å². The molecule has 0 saturated carbocycles. The minimum Gasteiger partial charge on any atom is -0.497 e. The first-order chi connectivity index (χ1) is 17.1. The van der Waals surface area contributed by atoms with Gasteiger partial charge in [0, 0.05) is 38.4 Å². The fraction of sp³-hybridized carbons (Fsp3) is 0.429. The van der Waals surface area contributed by atoms with E-state index in [1.165, 1.54) is 0 Å². The lowest BCUT2D eigenvalue weighted by atomic mass is 9.95. The summed E-state index contributed by atoms with van der Waals surface area (Å²) in [5.74, 6) is 1.60. The normalized spacial score (nSPS) is 15.8. The zero-order chi connectivity index (χ0) is 26.0. The zero-order valence-corrected chi connectivity index (χ0v) is 22.9. The molecule has 0 bridgehead atoms. The first kappa shape index (κ1) is 26.3. The molecule has 1 unspecified atom stereocenters. The Bertz CT molecular complexity index is 1260. The van der Waals surface area contributed by atoms with Gasteiger partial charge >= 0.3 is 0 Å². The number of ether oxygens (including phenoxy) is 1. The summed E-state index contributed by atoms with van der Waals surface area (Å²) in [5.41, 5.74) is 5.97. The standard InChI is InChI=1S/C28H37N3O4S/c1-19-20(2)22(4)28(23(5)21(19)3)36(32,33)29-18-26(27-8-7-17-35-27)31-15-13-30(14-16-31)24-9-11-25(34-6)12-10-24/h7-12,17,26,29H,13-16,18H2,1-6H3. The molecule has 1 aromatic heterocycles. The lowest BCUT2D eigenvalue weighted by Gasteiger charge is -2.39. The molecule has 2 heterocycles. The van der Waals surface area contributed by atoms with Gasteiger partial charge in [0.1, 0.15) is 11.5 Å². The van der Waals surface area contributed by atoms with Gasteiger partial charge in [0.05, 0.1) is 24.3 Å². The lowest BCUT2D eigenvalue weighted by Crippen LogP contribution is -2.49. The number of nitrogens with one attached hydrogen (secondary N) is 1. The summed E-state index contributed by atoms with van der Waals surface area (Å²) in [5, 5.41) is 0. The predicted octanol–water partition coefficient (Wildman–Crippen LogP) is 4.67. The quantitative estimate of drug-likeness (QED) is 0.474. The van der Waals surface area contributed by atoms with Crippen LogP contribution in [0.1, 0.15) is 39.6 Å². The number of rotatable bonds is 8. The Hall–Kier alpha value is -2.81. The Morgan fingerprint density at radius 1 is 0.889 bits per heavy atom. The monoisotopic (exact) mass is 511 g/mol. The van der Waals surface area contributed by atoms with Crippen molar-refractivity contribution in [3.8, 4) is 5.75 Å². The van der Waals surface area contributed by atoms with E-state index in [1.807, 2.05) is 58.9 Å². The molecule has 4 rings (SSSR count). The summed E-state index contributed by atoms with van der Waals surface area (Å²) in [6.45, 7) is 13.3. The Morgan fingerprint density at radius 2 is 1.47 bits per heavy atom. The van der Waals surface area contributed by atoms with Crippen LogP contribution in [-0.2, 0) is 10.0 Å². The molecule has 1 aliphatic rings. The summed E-state index contributed by atoms with van der Waals surface area (Å²) in [7, 11) is -2.04. The first-order valence-corrected chi connectivity index (χ1v) is 13.9. The van der Waals surface area contributed by atoms with E-state index in [2.05, 4.69) is 26.7 Å². The van der Waals surface area contributed by atoms with Crippen LogP contribution in [0.3, 0.4) is 0 Å². The van der Waals surface area contributed by atoms with Crippen LogP contribution in [0.15, 0.2) is 52.0 Å². The number of nitrogens with zero attached hydrogens (tertiary/aromatic N) is 2. The third kappa shape index (κ3) is 5.16. The Balaban J connectivity index is 1.51. The average Bonchev–Trinajstić information content (AvgIpc) is 3.41. The second kappa shape index (κ2) is 10.7. The van der Waals surface area contributed by atoms with Gasteiger partial charge in [0.2, 0.25) is 10.0 Å². The minimum atomic E-state index is -3.71. The van der Waals surface area contributed by atoms with E-state index >= 15 is 0 Å². The summed E-state index contributed by atoms with van der Waals surface area (Å²) in [6, 6.07) is 11.7. The molecule has 0 radical (unpaired) electrons. The van der Waals surface area contributed by atoms with E-state index in [9.17, 15) is 8.42 Å². The van der Waals surface area contributed by atoms with Crippen molar-refractivity contribution in [2.45, 2.75) is 45.6 Å². The van der Waals surface area contributed by atoms with E-state index in [4.69, 9.17) is 9.15 Å². The van der Waals surface area contributed by atoms with E-state index in [-0.39, 0.29) is 12.6 Å². The fourth-order valence-electron chi connectivity index (χ4n) is 5.10. The van der Waals surface area contributed by atoms with Crippen molar-refractivity contribution in [2.24, 2.45) is 0 Å². The molecule has 1 aliphatic heterocycles. The van der Waals surface area contributed by atoms with E-state index < -0.39 is 10.0 Å². The second-order valence-electron chi connectivity index (χ2n) is 9.56. The largest absolute Gasteiger partial charge is 0.497 e. The Labute approximate surface area is 215 Å². The van der Waals surface area contributed by atoms with Crippen molar-refractivity contribution >= 4 is 15.7 Å². The average molecular weight is 512 g/mol. The van der Waals surface area contributed by atoms with Crippen molar-refractivity contribution in [2.75, 3.05) is 44.7 Å². The topological polar surface area (TPSA) is 75.0 Å². The predicted molar refractivity (Wildman–Crippen MR) is 144 cm³/mol. The van der Waals surface area contributed by atoms with Crippen molar-refractivity contribution in [3.05, 3.63) is 76.2 Å². The van der Waals surface area contributed by atoms with Gasteiger partial charge in [-0.2, -0.15) is 0 Å². The maximum atomic E-state index is 13.6. The van der Waals surface area contributed by atoms with Crippen LogP contribution in [0.5, 0.6) is 5.75 Å². The molecule has 7 nitrogen and oxygen atoms in total. The minimum absolute atomic E-state index is 0.193. The van der Waals surface area contributed by atoms with E-state index in [0.29, 0.717) is 4.90 Å². The highest BCUT2D eigenvalue weighted by Crippen LogP contribution is 2.30. The Morgan fingerprint density at radius 3 is 2.00 bits per heavy atom. The van der Waals surface area contributed by atoms with Gasteiger partial charge in [-0.15, -0.1) is 0 Å². The van der Waals surface area contributed by atoms with Crippen LogP contribution in [0.2, 0.25) is 0 Å². The molecule has 1 N–H and O–H groups in total. The number of furan rings is 1. The van der Waals surface area contributed by atoms with Gasteiger partial charge in [-0.1, -0.05) is 0 Å². The van der Waals surface area contributed by atoms with Crippen LogP contribution in [-0.4, -0.2) is 53.2 Å². The molecule has 36 heavy (non-hydrogen) atoms. The molecule has 1 fully saturated rings. The van der Waals surface area contributed by atoms with Gasteiger partial charge in [0.25, 0.3) is 0 Å². The molecule has 8 heteroatoms. The van der Waals surface area contributed by atoms with Crippen LogP contribution in [0.25, 0.3) is 0 Å². The molecule has 2 aromatic carbocycles. The molecule has 0 amide bonds. The zero-order valence-electron chi connectivity index (χ0n) is 22.1. The SMILES string of the molecule is COc1ccc(N2CCN(C(CNS(=O)(=O)c3c(C)c(C)c(C)c(C)c3C)c3ccco3)CC2)cc1. The maximum Gasteiger partial charge on any atom is 0.241 e. The van der Waals surface area contributed by atoms with Gasteiger partial charge in [-0.25, -0.2) is 13.1 Å². The third-order valence-electron chi connectivity index (χ3n) is 7.73. The number of piperazine rings is 1. The summed E-state index contributed by atoms with van der Waals surface area (Å²) in [4.78, 5) is 5.03. The first-order valence-electron chi connectivity index (χ1n) is 12.4. The summed E-state index contributed by atoms with van der Waals surface area (Å²) in [6.07, 6.45) is 1.64. The highest BCUT2D eigenvalue weighted by molar-refractivity contribution is 7.89. The van der Waals surface area contributed by atoms with Gasteiger partial charge in [0.15, 0.2) is 0 Å². The molecular weight excluding hydrogens is 474 g/mol. The smallest absolute Gasteiger partial charge is 0.241 e. The molecule has 0 spiro atoms. The number of benzene rings is 2.